The number of nitrogens with two attached hydrogens (primary N) is 1. The number of hydrogen-bond donors (Lipinski definition) is 1. The summed E-state index contributed by atoms with van der Waals surface area (Å²) in [5, 5.41) is 4.15. The van der Waals surface area contributed by atoms with E-state index in [1.165, 1.54) is 12.1 Å². The topological polar surface area (TPSA) is 43.8 Å². The zero-order chi connectivity index (χ0) is 14.0. The summed E-state index contributed by atoms with van der Waals surface area (Å²) >= 11 is 0. The van der Waals surface area contributed by atoms with E-state index in [-0.39, 0.29) is 17.3 Å². The fourth-order valence-electron chi connectivity index (χ4n) is 2.18. The normalized spacial score (nSPS) is 13.5. The lowest BCUT2D eigenvalue weighted by Gasteiger charge is -2.32. The molecule has 0 aliphatic heterocycles. The molecule has 1 heterocycles. The molecule has 3 nitrogen and oxygen atoms in total. The van der Waals surface area contributed by atoms with Crippen molar-refractivity contribution < 1.29 is 4.39 Å². The molecular weight excluding hydrogens is 241 g/mol. The van der Waals surface area contributed by atoms with Gasteiger partial charge < -0.3 is 5.73 Å². The second kappa shape index (κ2) is 5.13. The molecule has 102 valence electrons. The Kier molecular flexibility index (Phi) is 3.71. The number of benzene rings is 1. The lowest BCUT2D eigenvalue weighted by molar-refractivity contribution is 0.406. The zero-order valence-corrected chi connectivity index (χ0v) is 11.6. The first-order valence-corrected chi connectivity index (χ1v) is 6.39. The van der Waals surface area contributed by atoms with Crippen LogP contribution in [0.4, 0.5) is 4.39 Å². The van der Waals surface area contributed by atoms with Crippen molar-refractivity contribution in [2.45, 2.75) is 31.7 Å². The number of halogens is 1. The van der Waals surface area contributed by atoms with Crippen molar-refractivity contribution in [3.8, 4) is 0 Å². The maximum Gasteiger partial charge on any atom is 0.123 e. The van der Waals surface area contributed by atoms with E-state index in [9.17, 15) is 4.39 Å². The maximum atomic E-state index is 13.0. The predicted octanol–water partition coefficient (Wildman–Crippen LogP) is 2.41. The Bertz CT molecular complexity index is 543. The number of aromatic nitrogens is 2. The van der Waals surface area contributed by atoms with Crippen LogP contribution in [0.3, 0.4) is 0 Å². The van der Waals surface area contributed by atoms with Gasteiger partial charge in [0.05, 0.1) is 6.20 Å². The smallest absolute Gasteiger partial charge is 0.123 e. The fraction of sp³-hybridized carbons (Fsp3) is 0.400. The van der Waals surface area contributed by atoms with Crippen molar-refractivity contribution in [1.82, 2.24) is 9.78 Å². The molecule has 0 aliphatic carbocycles. The van der Waals surface area contributed by atoms with E-state index < -0.39 is 0 Å². The molecule has 0 bridgehead atoms. The van der Waals surface area contributed by atoms with Crippen LogP contribution in [0, 0.1) is 5.82 Å². The zero-order valence-electron chi connectivity index (χ0n) is 11.6. The van der Waals surface area contributed by atoms with E-state index in [1.807, 2.05) is 19.4 Å². The summed E-state index contributed by atoms with van der Waals surface area (Å²) in [6.07, 6.45) is 4.55. The lowest BCUT2D eigenvalue weighted by atomic mass is 9.76. The van der Waals surface area contributed by atoms with Gasteiger partial charge in [-0.3, -0.25) is 4.68 Å². The van der Waals surface area contributed by atoms with Crippen molar-refractivity contribution in [3.63, 3.8) is 0 Å². The van der Waals surface area contributed by atoms with Gasteiger partial charge in [-0.05, 0) is 29.7 Å². The van der Waals surface area contributed by atoms with Gasteiger partial charge in [0.2, 0.25) is 0 Å². The summed E-state index contributed by atoms with van der Waals surface area (Å²) in [6, 6.07) is 6.51. The number of aryl methyl sites for hydroxylation is 1. The van der Waals surface area contributed by atoms with E-state index >= 15 is 0 Å². The molecule has 0 spiro atoms. The van der Waals surface area contributed by atoms with Crippen LogP contribution in [0.15, 0.2) is 36.7 Å². The van der Waals surface area contributed by atoms with E-state index in [2.05, 4.69) is 18.9 Å². The highest BCUT2D eigenvalue weighted by Crippen LogP contribution is 2.28. The van der Waals surface area contributed by atoms with Gasteiger partial charge in [-0.25, -0.2) is 4.39 Å². The monoisotopic (exact) mass is 261 g/mol. The molecule has 0 saturated carbocycles. The van der Waals surface area contributed by atoms with Crippen molar-refractivity contribution >= 4 is 0 Å². The largest absolute Gasteiger partial charge is 0.327 e. The SMILES string of the molecule is Cn1cc(CC(N)C(C)(C)c2ccc(F)cc2)cn1. The highest BCUT2D eigenvalue weighted by Gasteiger charge is 2.28. The Morgan fingerprint density at radius 1 is 1.32 bits per heavy atom. The van der Waals surface area contributed by atoms with Gasteiger partial charge in [0.25, 0.3) is 0 Å². The molecule has 0 fully saturated rings. The standard InChI is InChI=1S/C15H20FN3/c1-15(2,12-4-6-13(16)7-5-12)14(17)8-11-9-18-19(3)10-11/h4-7,9-10,14H,8,17H2,1-3H3. The number of hydrogen-bond acceptors (Lipinski definition) is 2. The van der Waals surface area contributed by atoms with Crippen molar-refractivity contribution in [2.75, 3.05) is 0 Å². The van der Waals surface area contributed by atoms with Crippen LogP contribution in [0.25, 0.3) is 0 Å². The van der Waals surface area contributed by atoms with Gasteiger partial charge in [0.15, 0.2) is 0 Å². The fourth-order valence-corrected chi connectivity index (χ4v) is 2.18. The summed E-state index contributed by atoms with van der Waals surface area (Å²) in [5.41, 5.74) is 8.28. The minimum atomic E-state index is -0.222. The molecular formula is C15H20FN3. The van der Waals surface area contributed by atoms with Gasteiger partial charge >= 0.3 is 0 Å². The van der Waals surface area contributed by atoms with Crippen LogP contribution < -0.4 is 5.73 Å². The van der Waals surface area contributed by atoms with Gasteiger partial charge in [0, 0.05) is 24.7 Å². The van der Waals surface area contributed by atoms with Crippen molar-refractivity contribution in [1.29, 1.82) is 0 Å². The molecule has 0 radical (unpaired) electrons. The Morgan fingerprint density at radius 2 is 1.95 bits per heavy atom. The number of rotatable bonds is 4. The molecule has 4 heteroatoms. The molecule has 1 aromatic carbocycles. The molecule has 0 aliphatic rings. The Labute approximate surface area is 113 Å². The van der Waals surface area contributed by atoms with Crippen molar-refractivity contribution in [3.05, 3.63) is 53.6 Å². The Balaban J connectivity index is 2.16. The second-order valence-corrected chi connectivity index (χ2v) is 5.56. The molecule has 0 amide bonds. The second-order valence-electron chi connectivity index (χ2n) is 5.56. The minimum absolute atomic E-state index is 0.0536. The summed E-state index contributed by atoms with van der Waals surface area (Å²) < 4.78 is 14.8. The molecule has 2 rings (SSSR count). The predicted molar refractivity (Wildman–Crippen MR) is 74.3 cm³/mol. The summed E-state index contributed by atoms with van der Waals surface area (Å²) in [7, 11) is 1.89. The van der Waals surface area contributed by atoms with Crippen LogP contribution in [0.1, 0.15) is 25.0 Å². The van der Waals surface area contributed by atoms with Gasteiger partial charge in [-0.1, -0.05) is 26.0 Å². The Hall–Kier alpha value is -1.68. The summed E-state index contributed by atoms with van der Waals surface area (Å²) in [6.45, 7) is 4.17. The average molecular weight is 261 g/mol. The molecule has 2 aromatic rings. The maximum absolute atomic E-state index is 13.0. The van der Waals surface area contributed by atoms with Gasteiger partial charge in [-0.15, -0.1) is 0 Å². The first kappa shape index (κ1) is 13.7. The average Bonchev–Trinajstić information content (AvgIpc) is 2.75. The molecule has 1 unspecified atom stereocenters. The van der Waals surface area contributed by atoms with E-state index in [0.717, 1.165) is 17.5 Å². The number of nitrogens with zero attached hydrogens (tertiary/aromatic N) is 2. The molecule has 2 N–H and O–H groups in total. The molecule has 1 atom stereocenters. The third kappa shape index (κ3) is 3.01. The summed E-state index contributed by atoms with van der Waals surface area (Å²) in [4.78, 5) is 0. The summed E-state index contributed by atoms with van der Waals surface area (Å²) in [5.74, 6) is -0.222. The van der Waals surface area contributed by atoms with Crippen LogP contribution in [0.2, 0.25) is 0 Å². The molecule has 0 saturated heterocycles. The highest BCUT2D eigenvalue weighted by atomic mass is 19.1. The van der Waals surface area contributed by atoms with Crippen LogP contribution in [0.5, 0.6) is 0 Å². The van der Waals surface area contributed by atoms with Crippen LogP contribution in [-0.2, 0) is 18.9 Å². The first-order valence-electron chi connectivity index (χ1n) is 6.39. The third-order valence-corrected chi connectivity index (χ3v) is 3.73. The Morgan fingerprint density at radius 3 is 2.47 bits per heavy atom. The van der Waals surface area contributed by atoms with E-state index in [1.54, 1.807) is 16.8 Å². The molecule has 1 aromatic heterocycles. The van der Waals surface area contributed by atoms with Gasteiger partial charge in [-0.2, -0.15) is 5.10 Å². The van der Waals surface area contributed by atoms with Crippen LogP contribution >= 0.6 is 0 Å². The van der Waals surface area contributed by atoms with E-state index in [4.69, 9.17) is 5.73 Å². The third-order valence-electron chi connectivity index (χ3n) is 3.73. The minimum Gasteiger partial charge on any atom is -0.327 e. The first-order chi connectivity index (χ1) is 8.89. The van der Waals surface area contributed by atoms with Gasteiger partial charge in [0.1, 0.15) is 5.82 Å². The lowest BCUT2D eigenvalue weighted by Crippen LogP contribution is -2.42. The molecule has 19 heavy (non-hydrogen) atoms. The van der Waals surface area contributed by atoms with E-state index in [0.29, 0.717) is 0 Å². The highest BCUT2D eigenvalue weighted by molar-refractivity contribution is 5.27. The quantitative estimate of drug-likeness (QED) is 0.918. The van der Waals surface area contributed by atoms with Crippen molar-refractivity contribution in [2.24, 2.45) is 12.8 Å². The van der Waals surface area contributed by atoms with Crippen LogP contribution in [-0.4, -0.2) is 15.8 Å².